The lowest BCUT2D eigenvalue weighted by atomic mass is 9.95. The Morgan fingerprint density at radius 3 is 2.62 bits per heavy atom. The zero-order valence-electron chi connectivity index (χ0n) is 8.25. The summed E-state index contributed by atoms with van der Waals surface area (Å²) in [6.07, 6.45) is 1.82. The quantitative estimate of drug-likeness (QED) is 0.689. The van der Waals surface area contributed by atoms with Gasteiger partial charge < -0.3 is 0 Å². The van der Waals surface area contributed by atoms with Crippen LogP contribution in [-0.4, -0.2) is 0 Å². The van der Waals surface area contributed by atoms with Crippen LogP contribution in [0, 0.1) is 24.2 Å². The number of nitriles is 1. The minimum atomic E-state index is 0.168. The Kier molecular flexibility index (Phi) is 3.52. The molecule has 0 heterocycles. The van der Waals surface area contributed by atoms with Gasteiger partial charge in [-0.2, -0.15) is 5.26 Å². The fourth-order valence-electron chi connectivity index (χ4n) is 1.39. The van der Waals surface area contributed by atoms with Gasteiger partial charge in [0.25, 0.3) is 0 Å². The third kappa shape index (κ3) is 2.59. The number of benzene rings is 1. The average Bonchev–Trinajstić information content (AvgIpc) is 2.17. The smallest absolute Gasteiger partial charge is 0.0659 e. The van der Waals surface area contributed by atoms with E-state index in [-0.39, 0.29) is 5.92 Å². The van der Waals surface area contributed by atoms with Crippen LogP contribution < -0.4 is 0 Å². The first-order chi connectivity index (χ1) is 6.27. The highest BCUT2D eigenvalue weighted by atomic mass is 14.3. The van der Waals surface area contributed by atoms with Crippen molar-refractivity contribution in [1.82, 2.24) is 0 Å². The minimum Gasteiger partial charge on any atom is -0.198 e. The van der Waals surface area contributed by atoms with Crippen molar-refractivity contribution in [3.05, 3.63) is 35.4 Å². The predicted molar refractivity (Wildman–Crippen MR) is 54.3 cm³/mol. The Bertz CT molecular complexity index is 309. The van der Waals surface area contributed by atoms with Crippen LogP contribution in [0.5, 0.6) is 0 Å². The van der Waals surface area contributed by atoms with Gasteiger partial charge in [-0.15, -0.1) is 0 Å². The molecule has 1 aromatic rings. The van der Waals surface area contributed by atoms with E-state index in [4.69, 9.17) is 5.26 Å². The van der Waals surface area contributed by atoms with Crippen molar-refractivity contribution < 1.29 is 0 Å². The molecule has 0 aliphatic carbocycles. The van der Waals surface area contributed by atoms with Gasteiger partial charge in [-0.25, -0.2) is 0 Å². The molecular weight excluding hydrogens is 158 g/mol. The Hall–Kier alpha value is -1.29. The van der Waals surface area contributed by atoms with Crippen molar-refractivity contribution in [2.24, 2.45) is 5.92 Å². The summed E-state index contributed by atoms with van der Waals surface area (Å²) in [5, 5.41) is 8.83. The Morgan fingerprint density at radius 1 is 1.38 bits per heavy atom. The molecule has 0 saturated carbocycles. The Labute approximate surface area is 80.0 Å². The van der Waals surface area contributed by atoms with Crippen molar-refractivity contribution in [3.63, 3.8) is 0 Å². The Morgan fingerprint density at radius 2 is 2.08 bits per heavy atom. The third-order valence-electron chi connectivity index (χ3n) is 2.40. The second-order valence-electron chi connectivity index (χ2n) is 3.36. The van der Waals surface area contributed by atoms with Crippen molar-refractivity contribution >= 4 is 0 Å². The van der Waals surface area contributed by atoms with Gasteiger partial charge in [0.1, 0.15) is 0 Å². The van der Waals surface area contributed by atoms with Gasteiger partial charge in [-0.1, -0.05) is 31.2 Å². The molecule has 13 heavy (non-hydrogen) atoms. The van der Waals surface area contributed by atoms with E-state index < -0.39 is 0 Å². The van der Waals surface area contributed by atoms with Gasteiger partial charge in [0.15, 0.2) is 0 Å². The lowest BCUT2D eigenvalue weighted by Gasteiger charge is -2.08. The van der Waals surface area contributed by atoms with Gasteiger partial charge >= 0.3 is 0 Å². The largest absolute Gasteiger partial charge is 0.198 e. The van der Waals surface area contributed by atoms with E-state index in [0.29, 0.717) is 0 Å². The first-order valence-corrected chi connectivity index (χ1v) is 4.72. The number of hydrogen-bond donors (Lipinski definition) is 0. The number of aryl methyl sites for hydroxylation is 1. The molecule has 1 aromatic carbocycles. The van der Waals surface area contributed by atoms with Crippen LogP contribution in [0.2, 0.25) is 0 Å². The van der Waals surface area contributed by atoms with Crippen LogP contribution in [-0.2, 0) is 6.42 Å². The van der Waals surface area contributed by atoms with Crippen molar-refractivity contribution in [2.75, 3.05) is 0 Å². The molecule has 68 valence electrons. The first kappa shape index (κ1) is 9.80. The maximum absolute atomic E-state index is 8.83. The lowest BCUT2D eigenvalue weighted by molar-refractivity contribution is 0.636. The maximum Gasteiger partial charge on any atom is 0.0659 e. The van der Waals surface area contributed by atoms with Crippen LogP contribution >= 0.6 is 0 Å². The lowest BCUT2D eigenvalue weighted by Crippen LogP contribution is -2.01. The minimum absolute atomic E-state index is 0.168. The zero-order chi connectivity index (χ0) is 9.68. The van der Waals surface area contributed by atoms with E-state index in [9.17, 15) is 0 Å². The van der Waals surface area contributed by atoms with Crippen molar-refractivity contribution in [1.29, 1.82) is 5.26 Å². The number of hydrogen-bond acceptors (Lipinski definition) is 1. The molecule has 0 N–H and O–H groups in total. The molecule has 0 radical (unpaired) electrons. The van der Waals surface area contributed by atoms with Crippen LogP contribution in [0.3, 0.4) is 0 Å². The van der Waals surface area contributed by atoms with Crippen LogP contribution in [0.25, 0.3) is 0 Å². The van der Waals surface area contributed by atoms with Gasteiger partial charge in [0.2, 0.25) is 0 Å². The molecule has 0 aromatic heterocycles. The molecule has 0 bridgehead atoms. The summed E-state index contributed by atoms with van der Waals surface area (Å²) in [6, 6.07) is 10.6. The summed E-state index contributed by atoms with van der Waals surface area (Å²) in [7, 11) is 0. The van der Waals surface area contributed by atoms with Crippen LogP contribution in [0.4, 0.5) is 0 Å². The van der Waals surface area contributed by atoms with Gasteiger partial charge in [0.05, 0.1) is 12.0 Å². The standard InChI is InChI=1S/C12H15N/c1-3-11(9-13)8-12-7-5-4-6-10(12)2/h4-7,11H,3,8H2,1-2H3. The maximum atomic E-state index is 8.83. The molecule has 1 atom stereocenters. The predicted octanol–water partition coefficient (Wildman–Crippen LogP) is 3.09. The molecule has 1 rings (SSSR count). The van der Waals surface area contributed by atoms with Crippen molar-refractivity contribution in [2.45, 2.75) is 26.7 Å². The molecule has 0 spiro atoms. The number of rotatable bonds is 3. The Balaban J connectivity index is 2.74. The molecule has 0 fully saturated rings. The summed E-state index contributed by atoms with van der Waals surface area (Å²) in [4.78, 5) is 0. The summed E-state index contributed by atoms with van der Waals surface area (Å²) in [6.45, 7) is 4.16. The molecule has 1 nitrogen and oxygen atoms in total. The van der Waals surface area contributed by atoms with E-state index in [1.165, 1.54) is 11.1 Å². The second-order valence-corrected chi connectivity index (χ2v) is 3.36. The average molecular weight is 173 g/mol. The first-order valence-electron chi connectivity index (χ1n) is 4.72. The molecule has 0 saturated heterocycles. The second kappa shape index (κ2) is 4.67. The van der Waals surface area contributed by atoms with Crippen molar-refractivity contribution in [3.8, 4) is 6.07 Å². The van der Waals surface area contributed by atoms with Gasteiger partial charge in [-0.05, 0) is 30.9 Å². The fraction of sp³-hybridized carbons (Fsp3) is 0.417. The number of nitrogens with zero attached hydrogens (tertiary/aromatic N) is 1. The summed E-state index contributed by atoms with van der Waals surface area (Å²) in [5.41, 5.74) is 2.59. The fourth-order valence-corrected chi connectivity index (χ4v) is 1.39. The van der Waals surface area contributed by atoms with E-state index in [0.717, 1.165) is 12.8 Å². The monoisotopic (exact) mass is 173 g/mol. The van der Waals surface area contributed by atoms with E-state index in [1.807, 2.05) is 12.1 Å². The SMILES string of the molecule is CCC(C#N)Cc1ccccc1C. The molecular formula is C12H15N. The normalized spacial score (nSPS) is 12.1. The highest BCUT2D eigenvalue weighted by Crippen LogP contribution is 2.14. The summed E-state index contributed by atoms with van der Waals surface area (Å²) in [5.74, 6) is 0.168. The van der Waals surface area contributed by atoms with Gasteiger partial charge in [-0.3, -0.25) is 0 Å². The van der Waals surface area contributed by atoms with Crippen LogP contribution in [0.15, 0.2) is 24.3 Å². The van der Waals surface area contributed by atoms with E-state index in [1.54, 1.807) is 0 Å². The van der Waals surface area contributed by atoms with E-state index in [2.05, 4.69) is 32.0 Å². The third-order valence-corrected chi connectivity index (χ3v) is 2.40. The zero-order valence-corrected chi connectivity index (χ0v) is 8.25. The summed E-state index contributed by atoms with van der Waals surface area (Å²) < 4.78 is 0. The molecule has 1 heteroatoms. The van der Waals surface area contributed by atoms with E-state index >= 15 is 0 Å². The molecule has 0 aliphatic heterocycles. The van der Waals surface area contributed by atoms with Gasteiger partial charge in [0, 0.05) is 0 Å². The topological polar surface area (TPSA) is 23.8 Å². The molecule has 1 unspecified atom stereocenters. The summed E-state index contributed by atoms with van der Waals surface area (Å²) >= 11 is 0. The highest BCUT2D eigenvalue weighted by molar-refractivity contribution is 5.26. The highest BCUT2D eigenvalue weighted by Gasteiger charge is 2.06. The molecule has 0 aliphatic rings. The van der Waals surface area contributed by atoms with Crippen LogP contribution in [0.1, 0.15) is 24.5 Å². The molecule has 0 amide bonds.